The summed E-state index contributed by atoms with van der Waals surface area (Å²) in [5.74, 6) is -1.52. The molecule has 0 aromatic heterocycles. The highest BCUT2D eigenvalue weighted by atomic mass is 32.2. The van der Waals surface area contributed by atoms with E-state index < -0.39 is 22.0 Å². The molecule has 0 radical (unpaired) electrons. The third-order valence-corrected chi connectivity index (χ3v) is 5.53. The van der Waals surface area contributed by atoms with Gasteiger partial charge in [-0.2, -0.15) is 0 Å². The Morgan fingerprint density at radius 2 is 1.65 bits per heavy atom. The third-order valence-electron chi connectivity index (χ3n) is 4.40. The van der Waals surface area contributed by atoms with Crippen LogP contribution in [0.15, 0.2) is 59.0 Å². The standard InChI is InChI=1S/C20H17FO4S/c1-12-17(11-13-7-9-14(10-8-13)26(2,24)25)15-5-3-4-6-16(15)18(12)19(21)20(22)23/h3-11,19H,1-2H3,(H,22,23). The second-order valence-corrected chi connectivity index (χ2v) is 8.20. The van der Waals surface area contributed by atoms with Crippen molar-refractivity contribution < 1.29 is 22.7 Å². The molecule has 3 rings (SSSR count). The quantitative estimate of drug-likeness (QED) is 0.885. The fraction of sp³-hybridized carbons (Fsp3) is 0.150. The molecule has 134 valence electrons. The Morgan fingerprint density at radius 1 is 1.08 bits per heavy atom. The van der Waals surface area contributed by atoms with Crippen LogP contribution >= 0.6 is 0 Å². The number of allylic oxidation sites excluding steroid dienone is 2. The second kappa shape index (κ2) is 6.53. The largest absolute Gasteiger partial charge is 0.479 e. The van der Waals surface area contributed by atoms with Gasteiger partial charge in [-0.3, -0.25) is 0 Å². The van der Waals surface area contributed by atoms with E-state index in [1.54, 1.807) is 31.2 Å². The van der Waals surface area contributed by atoms with Crippen LogP contribution in [0, 0.1) is 0 Å². The van der Waals surface area contributed by atoms with Crippen LogP contribution in [0.1, 0.15) is 23.6 Å². The number of fused-ring (bicyclic) bond motifs is 1. The molecule has 0 bridgehead atoms. The van der Waals surface area contributed by atoms with Crippen LogP contribution in [0.5, 0.6) is 0 Å². The number of benzene rings is 2. The Bertz CT molecular complexity index is 1050. The van der Waals surface area contributed by atoms with E-state index >= 15 is 0 Å². The van der Waals surface area contributed by atoms with Gasteiger partial charge in [-0.15, -0.1) is 0 Å². The van der Waals surface area contributed by atoms with Crippen LogP contribution in [-0.2, 0) is 14.6 Å². The van der Waals surface area contributed by atoms with E-state index in [0.29, 0.717) is 11.1 Å². The lowest BCUT2D eigenvalue weighted by molar-refractivity contribution is -0.140. The van der Waals surface area contributed by atoms with Crippen molar-refractivity contribution in [2.45, 2.75) is 18.0 Å². The van der Waals surface area contributed by atoms with E-state index in [2.05, 4.69) is 0 Å². The highest BCUT2D eigenvalue weighted by Crippen LogP contribution is 2.44. The molecule has 0 spiro atoms. The van der Waals surface area contributed by atoms with Gasteiger partial charge in [0.05, 0.1) is 4.90 Å². The summed E-state index contributed by atoms with van der Waals surface area (Å²) in [6.07, 6.45) is 0.844. The molecule has 0 amide bonds. The van der Waals surface area contributed by atoms with Crippen molar-refractivity contribution in [3.8, 4) is 0 Å². The molecule has 6 heteroatoms. The van der Waals surface area contributed by atoms with Gasteiger partial charge < -0.3 is 5.11 Å². The zero-order valence-electron chi connectivity index (χ0n) is 14.2. The number of hydrogen-bond donors (Lipinski definition) is 1. The van der Waals surface area contributed by atoms with E-state index in [0.717, 1.165) is 23.0 Å². The molecule has 1 unspecified atom stereocenters. The van der Waals surface area contributed by atoms with Crippen molar-refractivity contribution in [3.63, 3.8) is 0 Å². The Balaban J connectivity index is 2.12. The minimum absolute atomic E-state index is 0.159. The first-order chi connectivity index (χ1) is 12.2. The molecule has 1 aliphatic carbocycles. The predicted molar refractivity (Wildman–Crippen MR) is 99.0 cm³/mol. The topological polar surface area (TPSA) is 71.4 Å². The van der Waals surface area contributed by atoms with Crippen molar-refractivity contribution in [2.75, 3.05) is 6.26 Å². The predicted octanol–water partition coefficient (Wildman–Crippen LogP) is 3.84. The van der Waals surface area contributed by atoms with Crippen LogP contribution in [0.2, 0.25) is 0 Å². The number of aliphatic carboxylic acids is 1. The van der Waals surface area contributed by atoms with Gasteiger partial charge >= 0.3 is 5.97 Å². The number of rotatable bonds is 4. The summed E-state index contributed by atoms with van der Waals surface area (Å²) in [6, 6.07) is 13.4. The number of carboxylic acids is 1. The van der Waals surface area contributed by atoms with Crippen molar-refractivity contribution >= 4 is 33.0 Å². The number of alkyl halides is 1. The molecule has 0 aliphatic heterocycles. The summed E-state index contributed by atoms with van der Waals surface area (Å²) in [5.41, 5.74) is 3.52. The van der Waals surface area contributed by atoms with Crippen LogP contribution in [0.25, 0.3) is 17.2 Å². The van der Waals surface area contributed by atoms with Crippen LogP contribution in [0.3, 0.4) is 0 Å². The maximum absolute atomic E-state index is 14.3. The van der Waals surface area contributed by atoms with Gasteiger partial charge in [0.1, 0.15) is 0 Å². The average molecular weight is 372 g/mol. The summed E-state index contributed by atoms with van der Waals surface area (Å²) >= 11 is 0. The molecular weight excluding hydrogens is 355 g/mol. The first-order valence-corrected chi connectivity index (χ1v) is 9.79. The Kier molecular flexibility index (Phi) is 4.54. The molecule has 1 atom stereocenters. The van der Waals surface area contributed by atoms with E-state index in [9.17, 15) is 17.6 Å². The van der Waals surface area contributed by atoms with Gasteiger partial charge in [-0.1, -0.05) is 36.4 Å². The molecule has 0 saturated carbocycles. The smallest absolute Gasteiger partial charge is 0.343 e. The SMILES string of the molecule is CC1=C(C(F)C(=O)O)c2ccccc2C1=Cc1ccc(S(C)(=O)=O)cc1. The first kappa shape index (κ1) is 18.1. The Labute approximate surface area is 151 Å². The van der Waals surface area contributed by atoms with E-state index in [1.807, 2.05) is 18.2 Å². The van der Waals surface area contributed by atoms with E-state index in [4.69, 9.17) is 5.11 Å². The Hall–Kier alpha value is -2.73. The summed E-state index contributed by atoms with van der Waals surface area (Å²) in [5, 5.41) is 9.08. The van der Waals surface area contributed by atoms with Gasteiger partial charge in [-0.05, 0) is 53.0 Å². The molecule has 1 aliphatic rings. The molecule has 0 heterocycles. The summed E-state index contributed by atoms with van der Waals surface area (Å²) in [6.45, 7) is 1.70. The van der Waals surface area contributed by atoms with Crippen LogP contribution in [0.4, 0.5) is 4.39 Å². The first-order valence-electron chi connectivity index (χ1n) is 7.90. The van der Waals surface area contributed by atoms with Crippen molar-refractivity contribution in [2.24, 2.45) is 0 Å². The fourth-order valence-corrected chi connectivity index (χ4v) is 3.75. The van der Waals surface area contributed by atoms with Gasteiger partial charge in [0, 0.05) is 11.8 Å². The van der Waals surface area contributed by atoms with Crippen LogP contribution in [-0.4, -0.2) is 31.9 Å². The second-order valence-electron chi connectivity index (χ2n) is 6.18. The monoisotopic (exact) mass is 372 g/mol. The maximum Gasteiger partial charge on any atom is 0.343 e. The van der Waals surface area contributed by atoms with Gasteiger partial charge in [0.2, 0.25) is 6.17 Å². The molecule has 26 heavy (non-hydrogen) atoms. The number of carboxylic acid groups (broad SMARTS) is 1. The summed E-state index contributed by atoms with van der Waals surface area (Å²) in [7, 11) is -3.28. The minimum atomic E-state index is -3.28. The lowest BCUT2D eigenvalue weighted by Gasteiger charge is -2.07. The molecule has 4 nitrogen and oxygen atoms in total. The highest BCUT2D eigenvalue weighted by Gasteiger charge is 2.32. The van der Waals surface area contributed by atoms with Gasteiger partial charge in [0.25, 0.3) is 0 Å². The van der Waals surface area contributed by atoms with E-state index in [1.165, 1.54) is 12.1 Å². The van der Waals surface area contributed by atoms with Gasteiger partial charge in [-0.25, -0.2) is 17.6 Å². The molecule has 2 aromatic carbocycles. The third kappa shape index (κ3) is 3.20. The maximum atomic E-state index is 14.3. The summed E-state index contributed by atoms with van der Waals surface area (Å²) < 4.78 is 37.4. The van der Waals surface area contributed by atoms with Crippen molar-refractivity contribution in [1.82, 2.24) is 0 Å². The zero-order chi connectivity index (χ0) is 19.1. The molecule has 2 aromatic rings. The number of hydrogen-bond acceptors (Lipinski definition) is 3. The zero-order valence-corrected chi connectivity index (χ0v) is 15.0. The van der Waals surface area contributed by atoms with Crippen molar-refractivity contribution in [1.29, 1.82) is 0 Å². The fourth-order valence-electron chi connectivity index (χ4n) is 3.12. The van der Waals surface area contributed by atoms with Gasteiger partial charge in [0.15, 0.2) is 9.84 Å². The van der Waals surface area contributed by atoms with E-state index in [-0.39, 0.29) is 10.5 Å². The Morgan fingerprint density at radius 3 is 2.19 bits per heavy atom. The molecular formula is C20H17FO4S. The lowest BCUT2D eigenvalue weighted by Crippen LogP contribution is -2.16. The normalized spacial score (nSPS) is 16.7. The molecule has 1 N–H and O–H groups in total. The lowest BCUT2D eigenvalue weighted by atomic mass is 10.0. The number of carbonyl (C=O) groups is 1. The number of sulfone groups is 1. The average Bonchev–Trinajstić information content (AvgIpc) is 2.86. The minimum Gasteiger partial charge on any atom is -0.479 e. The van der Waals surface area contributed by atoms with Crippen molar-refractivity contribution in [3.05, 3.63) is 70.8 Å². The number of halogens is 1. The highest BCUT2D eigenvalue weighted by molar-refractivity contribution is 7.90. The molecule has 0 fully saturated rings. The summed E-state index contributed by atoms with van der Waals surface area (Å²) in [4.78, 5) is 11.4. The van der Waals surface area contributed by atoms with Crippen LogP contribution < -0.4 is 0 Å². The molecule has 0 saturated heterocycles.